The van der Waals surface area contributed by atoms with E-state index in [2.05, 4.69) is 15.3 Å². The monoisotopic (exact) mass is 405 g/mol. The van der Waals surface area contributed by atoms with Crippen LogP contribution in [0, 0.1) is 6.92 Å². The topological polar surface area (TPSA) is 81.8 Å². The summed E-state index contributed by atoms with van der Waals surface area (Å²) in [4.78, 5) is 34.2. The first-order valence-electron chi connectivity index (χ1n) is 9.04. The van der Waals surface area contributed by atoms with E-state index in [1.165, 1.54) is 16.0 Å². The molecule has 0 atom stereocenters. The molecule has 0 bridgehead atoms. The van der Waals surface area contributed by atoms with E-state index in [4.69, 9.17) is 0 Å². The van der Waals surface area contributed by atoms with Crippen LogP contribution in [-0.2, 0) is 18.3 Å². The molecule has 1 N–H and O–H groups in total. The highest BCUT2D eigenvalue weighted by molar-refractivity contribution is 7.13. The Morgan fingerprint density at radius 2 is 1.90 bits per heavy atom. The highest BCUT2D eigenvalue weighted by Gasteiger charge is 2.19. The van der Waals surface area contributed by atoms with Gasteiger partial charge in [-0.15, -0.1) is 11.3 Å². The molecule has 4 rings (SSSR count). The number of para-hydroxylation sites is 1. The van der Waals surface area contributed by atoms with Crippen molar-refractivity contribution in [1.82, 2.24) is 19.3 Å². The average Bonchev–Trinajstić information content (AvgIpc) is 3.28. The number of carbonyl (C=O) groups is 1. The van der Waals surface area contributed by atoms with Crippen molar-refractivity contribution in [2.45, 2.75) is 13.3 Å². The van der Waals surface area contributed by atoms with Gasteiger partial charge in [0, 0.05) is 18.6 Å². The van der Waals surface area contributed by atoms with Crippen molar-refractivity contribution in [2.75, 3.05) is 5.32 Å². The van der Waals surface area contributed by atoms with Gasteiger partial charge in [0.15, 0.2) is 0 Å². The predicted octanol–water partition coefficient (Wildman–Crippen LogP) is 3.18. The molecule has 3 heterocycles. The first kappa shape index (κ1) is 18.8. The molecule has 146 valence electrons. The molecule has 8 heteroatoms. The van der Waals surface area contributed by atoms with Crippen LogP contribution in [0.2, 0.25) is 0 Å². The zero-order valence-corrected chi connectivity index (χ0v) is 16.8. The number of nitrogens with one attached hydrogen (secondary N) is 1. The number of aromatic nitrogens is 4. The van der Waals surface area contributed by atoms with E-state index in [9.17, 15) is 9.59 Å². The first-order chi connectivity index (χ1) is 14.0. The summed E-state index contributed by atoms with van der Waals surface area (Å²) >= 11 is 1.44. The van der Waals surface area contributed by atoms with E-state index in [1.807, 2.05) is 53.9 Å². The Bertz CT molecular complexity index is 1210. The highest BCUT2D eigenvalue weighted by atomic mass is 32.1. The van der Waals surface area contributed by atoms with E-state index >= 15 is 0 Å². The summed E-state index contributed by atoms with van der Waals surface area (Å²) in [6.45, 7) is 1.80. The Morgan fingerprint density at radius 1 is 1.14 bits per heavy atom. The lowest BCUT2D eigenvalue weighted by Gasteiger charge is -2.07. The number of pyridine rings is 1. The van der Waals surface area contributed by atoms with E-state index in [0.717, 1.165) is 16.4 Å². The lowest BCUT2D eigenvalue weighted by Crippen LogP contribution is -2.23. The van der Waals surface area contributed by atoms with Crippen LogP contribution in [0.3, 0.4) is 0 Å². The first-order valence-corrected chi connectivity index (χ1v) is 9.92. The third-order valence-corrected chi connectivity index (χ3v) is 5.51. The van der Waals surface area contributed by atoms with Crippen molar-refractivity contribution in [3.8, 4) is 16.4 Å². The van der Waals surface area contributed by atoms with Crippen LogP contribution in [0.25, 0.3) is 16.4 Å². The third kappa shape index (κ3) is 3.74. The van der Waals surface area contributed by atoms with Crippen LogP contribution in [0.5, 0.6) is 0 Å². The Morgan fingerprint density at radius 3 is 2.62 bits per heavy atom. The molecule has 0 aliphatic heterocycles. The number of rotatable bonds is 5. The van der Waals surface area contributed by atoms with Crippen LogP contribution in [0.4, 0.5) is 5.69 Å². The molecule has 7 nitrogen and oxygen atoms in total. The van der Waals surface area contributed by atoms with E-state index in [1.54, 1.807) is 24.9 Å². The van der Waals surface area contributed by atoms with E-state index < -0.39 is 0 Å². The molecular weight excluding hydrogens is 386 g/mol. The van der Waals surface area contributed by atoms with Crippen molar-refractivity contribution in [3.05, 3.63) is 81.8 Å². The van der Waals surface area contributed by atoms with E-state index in [0.29, 0.717) is 11.4 Å². The normalized spacial score (nSPS) is 10.8. The maximum atomic E-state index is 12.9. The zero-order valence-electron chi connectivity index (χ0n) is 16.0. The minimum absolute atomic E-state index is 0.0858. The number of benzene rings is 1. The molecule has 0 saturated carbocycles. The van der Waals surface area contributed by atoms with Crippen LogP contribution in [0.15, 0.2) is 64.9 Å². The van der Waals surface area contributed by atoms with Gasteiger partial charge in [-0.1, -0.05) is 24.3 Å². The van der Waals surface area contributed by atoms with Crippen molar-refractivity contribution in [2.24, 2.45) is 7.05 Å². The second kappa shape index (κ2) is 7.84. The molecule has 0 aliphatic carbocycles. The number of carbonyl (C=O) groups excluding carboxylic acids is 1. The van der Waals surface area contributed by atoms with E-state index in [-0.39, 0.29) is 23.6 Å². The molecule has 1 aromatic carbocycles. The Balaban J connectivity index is 1.54. The number of anilines is 1. The van der Waals surface area contributed by atoms with Gasteiger partial charge in [-0.05, 0) is 31.2 Å². The molecule has 3 aromatic heterocycles. The second-order valence-corrected chi connectivity index (χ2v) is 7.38. The Hall–Kier alpha value is -3.52. The Labute approximate surface area is 171 Å². The summed E-state index contributed by atoms with van der Waals surface area (Å²) in [7, 11) is 1.79. The number of hydrogen-bond acceptors (Lipinski definition) is 5. The second-order valence-electron chi connectivity index (χ2n) is 6.52. The molecule has 29 heavy (non-hydrogen) atoms. The number of amides is 1. The molecule has 0 saturated heterocycles. The summed E-state index contributed by atoms with van der Waals surface area (Å²) in [5.41, 5.74) is 2.85. The maximum Gasteiger partial charge on any atom is 0.295 e. The predicted molar refractivity (Wildman–Crippen MR) is 113 cm³/mol. The van der Waals surface area contributed by atoms with Gasteiger partial charge in [0.05, 0.1) is 29.2 Å². The fraction of sp³-hybridized carbons (Fsp3) is 0.143. The fourth-order valence-electron chi connectivity index (χ4n) is 3.06. The lowest BCUT2D eigenvalue weighted by atomic mass is 10.3. The molecule has 0 unspecified atom stereocenters. The molecule has 0 aliphatic rings. The van der Waals surface area contributed by atoms with Gasteiger partial charge in [-0.2, -0.15) is 0 Å². The fourth-order valence-corrected chi connectivity index (χ4v) is 3.85. The molecule has 4 aromatic rings. The standard InChI is InChI=1S/C21H19N5O2S/c1-14-19(21(28)26(25(14)2)16-8-4-3-5-9-16)24-18(27)12-15-13-29-20(23-15)17-10-6-7-11-22-17/h3-11,13H,12H2,1-2H3,(H,24,27). The van der Waals surface area contributed by atoms with Crippen molar-refractivity contribution >= 4 is 22.9 Å². The lowest BCUT2D eigenvalue weighted by molar-refractivity contribution is -0.115. The molecule has 1 amide bonds. The van der Waals surface area contributed by atoms with Gasteiger partial charge in [-0.25, -0.2) is 9.67 Å². The van der Waals surface area contributed by atoms with Crippen molar-refractivity contribution < 1.29 is 4.79 Å². The SMILES string of the molecule is Cc1c(NC(=O)Cc2csc(-c3ccccn3)n2)c(=O)n(-c2ccccc2)n1C. The number of hydrogen-bond donors (Lipinski definition) is 1. The van der Waals surface area contributed by atoms with Crippen molar-refractivity contribution in [1.29, 1.82) is 0 Å². The highest BCUT2D eigenvalue weighted by Crippen LogP contribution is 2.22. The Kier molecular flexibility index (Phi) is 5.09. The quantitative estimate of drug-likeness (QED) is 0.553. The molecule has 0 fully saturated rings. The van der Waals surface area contributed by atoms with Crippen molar-refractivity contribution in [3.63, 3.8) is 0 Å². The summed E-state index contributed by atoms with van der Waals surface area (Å²) in [5, 5.41) is 5.36. The maximum absolute atomic E-state index is 12.9. The number of thiazole rings is 1. The smallest absolute Gasteiger partial charge is 0.295 e. The van der Waals surface area contributed by atoms with Crippen LogP contribution in [-0.4, -0.2) is 25.2 Å². The van der Waals surface area contributed by atoms with Crippen LogP contribution >= 0.6 is 11.3 Å². The third-order valence-electron chi connectivity index (χ3n) is 4.60. The van der Waals surface area contributed by atoms with Gasteiger partial charge in [-0.3, -0.25) is 19.3 Å². The molecule has 0 radical (unpaired) electrons. The summed E-state index contributed by atoms with van der Waals surface area (Å²) < 4.78 is 3.27. The zero-order chi connectivity index (χ0) is 20.4. The molecular formula is C21H19N5O2S. The average molecular weight is 405 g/mol. The summed E-state index contributed by atoms with van der Waals surface area (Å²) in [5.74, 6) is -0.283. The van der Waals surface area contributed by atoms with Gasteiger partial charge in [0.1, 0.15) is 10.7 Å². The van der Waals surface area contributed by atoms with Crippen LogP contribution in [0.1, 0.15) is 11.4 Å². The minimum Gasteiger partial charge on any atom is -0.320 e. The molecule has 0 spiro atoms. The summed E-state index contributed by atoms with van der Waals surface area (Å²) in [6, 6.07) is 14.9. The van der Waals surface area contributed by atoms with Gasteiger partial charge in [0.25, 0.3) is 5.56 Å². The van der Waals surface area contributed by atoms with Crippen LogP contribution < -0.4 is 10.9 Å². The number of nitrogens with zero attached hydrogens (tertiary/aromatic N) is 4. The van der Waals surface area contributed by atoms with Gasteiger partial charge < -0.3 is 5.32 Å². The van der Waals surface area contributed by atoms with Gasteiger partial charge in [0.2, 0.25) is 5.91 Å². The van der Waals surface area contributed by atoms with Gasteiger partial charge >= 0.3 is 0 Å². The minimum atomic E-state index is -0.283. The largest absolute Gasteiger partial charge is 0.320 e. The summed E-state index contributed by atoms with van der Waals surface area (Å²) in [6.07, 6.45) is 1.79.